The number of hydrogen-bond donors (Lipinski definition) is 0. The lowest BCUT2D eigenvalue weighted by Gasteiger charge is -2.35. The molecule has 8 nitrogen and oxygen atoms in total. The smallest absolute Gasteiger partial charge is 0.497 e. The molecule has 2 aromatic carbocycles. The van der Waals surface area contributed by atoms with Gasteiger partial charge in [-0.3, -0.25) is 0 Å². The molecule has 0 aliphatic heterocycles. The van der Waals surface area contributed by atoms with Crippen molar-refractivity contribution in [2.75, 3.05) is 13.7 Å². The normalized spacial score (nSPS) is 17.4. The fraction of sp³-hybridized carbons (Fsp3) is 0.375. The Kier molecular flexibility index (Phi) is 7.13. The van der Waals surface area contributed by atoms with Crippen LogP contribution in [0.15, 0.2) is 48.5 Å². The topological polar surface area (TPSA) is 84.7 Å². The number of rotatable bonds is 9. The first kappa shape index (κ1) is 24.4. The third-order valence-corrected chi connectivity index (χ3v) is 5.61. The number of benzene rings is 2. The van der Waals surface area contributed by atoms with Crippen LogP contribution in [-0.2, 0) is 11.3 Å². The Balaban J connectivity index is 1.44. The lowest BCUT2D eigenvalue weighted by molar-refractivity contribution is -0.274. The molecule has 35 heavy (non-hydrogen) atoms. The summed E-state index contributed by atoms with van der Waals surface area (Å²) in [6.45, 7) is 2.20. The molecule has 0 saturated heterocycles. The van der Waals surface area contributed by atoms with E-state index in [0.29, 0.717) is 19.4 Å². The molecule has 1 heterocycles. The number of hydrogen-bond acceptors (Lipinski definition) is 7. The Morgan fingerprint density at radius 3 is 2.31 bits per heavy atom. The van der Waals surface area contributed by atoms with Crippen molar-refractivity contribution in [3.05, 3.63) is 65.4 Å². The zero-order valence-corrected chi connectivity index (χ0v) is 19.1. The van der Waals surface area contributed by atoms with Crippen LogP contribution in [0.1, 0.15) is 47.3 Å². The second kappa shape index (κ2) is 10.2. The first-order chi connectivity index (χ1) is 16.8. The van der Waals surface area contributed by atoms with E-state index in [4.69, 9.17) is 14.2 Å². The second-order valence-electron chi connectivity index (χ2n) is 7.99. The van der Waals surface area contributed by atoms with Crippen LogP contribution in [0, 0.1) is 0 Å². The van der Waals surface area contributed by atoms with Gasteiger partial charge in [0.15, 0.2) is 0 Å². The van der Waals surface area contributed by atoms with Crippen molar-refractivity contribution >= 4 is 5.97 Å². The van der Waals surface area contributed by atoms with Crippen molar-refractivity contribution in [2.24, 2.45) is 0 Å². The fourth-order valence-electron chi connectivity index (χ4n) is 3.79. The van der Waals surface area contributed by atoms with Crippen molar-refractivity contribution in [1.29, 1.82) is 0 Å². The third-order valence-electron chi connectivity index (χ3n) is 5.61. The van der Waals surface area contributed by atoms with Gasteiger partial charge >= 0.3 is 12.3 Å². The quantitative estimate of drug-likeness (QED) is 0.400. The van der Waals surface area contributed by atoms with E-state index in [2.05, 4.69) is 15.0 Å². The number of carbonyl (C=O) groups is 1. The summed E-state index contributed by atoms with van der Waals surface area (Å²) in [5.74, 6) is 0.156. The lowest BCUT2D eigenvalue weighted by atomic mass is 9.77. The first-order valence-corrected chi connectivity index (χ1v) is 11.0. The van der Waals surface area contributed by atoms with E-state index >= 15 is 0 Å². The molecule has 0 N–H and O–H groups in total. The van der Waals surface area contributed by atoms with Crippen LogP contribution in [0.3, 0.4) is 0 Å². The molecule has 0 radical (unpaired) electrons. The standard InChI is InChI=1S/C24H24F3N3O5/c1-3-33-23(31)21-22(30(29-28-21)14-15-4-8-18(32-2)9-5-15)34-20-12-17(13-20)16-6-10-19(11-7-16)35-24(25,26)27/h4-11,17,20H,3,12-14H2,1-2H3. The molecule has 0 atom stereocenters. The molecule has 0 unspecified atom stereocenters. The Bertz CT molecular complexity index is 1140. The Hall–Kier alpha value is -3.76. The van der Waals surface area contributed by atoms with E-state index in [1.54, 1.807) is 26.2 Å². The maximum absolute atomic E-state index is 12.4. The van der Waals surface area contributed by atoms with Gasteiger partial charge in [0.1, 0.15) is 17.6 Å². The first-order valence-electron chi connectivity index (χ1n) is 11.0. The van der Waals surface area contributed by atoms with Crippen LogP contribution in [0.5, 0.6) is 17.4 Å². The molecule has 0 amide bonds. The summed E-state index contributed by atoms with van der Waals surface area (Å²) in [6.07, 6.45) is -3.70. The van der Waals surface area contributed by atoms with Gasteiger partial charge < -0.3 is 18.9 Å². The maximum Gasteiger partial charge on any atom is 0.573 e. The van der Waals surface area contributed by atoms with Crippen LogP contribution >= 0.6 is 0 Å². The minimum Gasteiger partial charge on any atom is -0.497 e. The molecule has 1 aliphatic carbocycles. The summed E-state index contributed by atoms with van der Waals surface area (Å²) in [6, 6.07) is 13.2. The molecule has 0 spiro atoms. The molecule has 1 aliphatic rings. The highest BCUT2D eigenvalue weighted by molar-refractivity contribution is 5.89. The van der Waals surface area contributed by atoms with Gasteiger partial charge in [-0.1, -0.05) is 29.5 Å². The molecule has 186 valence electrons. The van der Waals surface area contributed by atoms with Crippen LogP contribution < -0.4 is 14.2 Å². The number of ether oxygens (including phenoxy) is 4. The van der Waals surface area contributed by atoms with E-state index in [1.807, 2.05) is 24.3 Å². The van der Waals surface area contributed by atoms with Crippen molar-refractivity contribution < 1.29 is 36.9 Å². The number of esters is 1. The van der Waals surface area contributed by atoms with Crippen molar-refractivity contribution in [3.8, 4) is 17.4 Å². The largest absolute Gasteiger partial charge is 0.573 e. The minimum atomic E-state index is -4.73. The number of alkyl halides is 3. The number of methoxy groups -OCH3 is 1. The van der Waals surface area contributed by atoms with Gasteiger partial charge in [-0.2, -0.15) is 0 Å². The van der Waals surface area contributed by atoms with Crippen LogP contribution in [0.2, 0.25) is 0 Å². The number of carbonyl (C=O) groups excluding carboxylic acids is 1. The van der Waals surface area contributed by atoms with E-state index in [0.717, 1.165) is 16.9 Å². The van der Waals surface area contributed by atoms with E-state index in [9.17, 15) is 18.0 Å². The predicted molar refractivity (Wildman–Crippen MR) is 118 cm³/mol. The zero-order chi connectivity index (χ0) is 25.0. The van der Waals surface area contributed by atoms with E-state index in [1.165, 1.54) is 16.8 Å². The molecular weight excluding hydrogens is 467 g/mol. The minimum absolute atomic E-state index is 0.00235. The average molecular weight is 491 g/mol. The van der Waals surface area contributed by atoms with Crippen molar-refractivity contribution in [1.82, 2.24) is 15.0 Å². The van der Waals surface area contributed by atoms with Gasteiger partial charge in [-0.15, -0.1) is 18.3 Å². The summed E-state index contributed by atoms with van der Waals surface area (Å²) >= 11 is 0. The summed E-state index contributed by atoms with van der Waals surface area (Å²) in [5.41, 5.74) is 1.79. The highest BCUT2D eigenvalue weighted by Crippen LogP contribution is 2.40. The van der Waals surface area contributed by atoms with Gasteiger partial charge in [0.25, 0.3) is 0 Å². The second-order valence-corrected chi connectivity index (χ2v) is 7.99. The molecule has 1 saturated carbocycles. The van der Waals surface area contributed by atoms with Crippen molar-refractivity contribution in [2.45, 2.75) is 44.7 Å². The monoisotopic (exact) mass is 491 g/mol. The van der Waals surface area contributed by atoms with Crippen molar-refractivity contribution in [3.63, 3.8) is 0 Å². The number of aromatic nitrogens is 3. The lowest BCUT2D eigenvalue weighted by Crippen LogP contribution is -2.33. The number of halogens is 3. The molecule has 1 fully saturated rings. The van der Waals surface area contributed by atoms with Gasteiger partial charge in [0.2, 0.25) is 11.6 Å². The van der Waals surface area contributed by atoms with Gasteiger partial charge in [0, 0.05) is 0 Å². The third kappa shape index (κ3) is 6.03. The number of nitrogens with zero attached hydrogens (tertiary/aromatic N) is 3. The molecule has 11 heteroatoms. The van der Waals surface area contributed by atoms with Crippen LogP contribution in [-0.4, -0.2) is 47.1 Å². The van der Waals surface area contributed by atoms with Gasteiger partial charge in [-0.25, -0.2) is 9.48 Å². The molecular formula is C24H24F3N3O5. The molecule has 4 rings (SSSR count). The average Bonchev–Trinajstić information content (AvgIpc) is 3.18. The van der Waals surface area contributed by atoms with Crippen LogP contribution in [0.25, 0.3) is 0 Å². The maximum atomic E-state index is 12.4. The zero-order valence-electron chi connectivity index (χ0n) is 19.1. The van der Waals surface area contributed by atoms with Gasteiger partial charge in [0.05, 0.1) is 20.3 Å². The summed E-state index contributed by atoms with van der Waals surface area (Å²) in [5, 5.41) is 8.06. The SMILES string of the molecule is CCOC(=O)c1nnn(Cc2ccc(OC)cc2)c1OC1CC(c2ccc(OC(F)(F)F)cc2)C1. The predicted octanol–water partition coefficient (Wildman–Crippen LogP) is 4.74. The Morgan fingerprint density at radius 1 is 1.06 bits per heavy atom. The summed E-state index contributed by atoms with van der Waals surface area (Å²) < 4.78 is 58.9. The van der Waals surface area contributed by atoms with Crippen LogP contribution in [0.4, 0.5) is 13.2 Å². The van der Waals surface area contributed by atoms with E-state index < -0.39 is 12.3 Å². The molecule has 3 aromatic rings. The Labute approximate surface area is 199 Å². The molecule has 0 bridgehead atoms. The Morgan fingerprint density at radius 2 is 1.71 bits per heavy atom. The summed E-state index contributed by atoms with van der Waals surface area (Å²) in [7, 11) is 1.58. The highest BCUT2D eigenvalue weighted by atomic mass is 19.4. The molecule has 1 aromatic heterocycles. The van der Waals surface area contributed by atoms with Gasteiger partial charge in [-0.05, 0) is 61.1 Å². The highest BCUT2D eigenvalue weighted by Gasteiger charge is 2.35. The van der Waals surface area contributed by atoms with E-state index in [-0.39, 0.29) is 36.0 Å². The summed E-state index contributed by atoms with van der Waals surface area (Å²) in [4.78, 5) is 12.4. The fourth-order valence-corrected chi connectivity index (χ4v) is 3.79.